The first-order valence-corrected chi connectivity index (χ1v) is 10.2. The van der Waals surface area contributed by atoms with Gasteiger partial charge in [0.1, 0.15) is 5.76 Å². The zero-order valence-corrected chi connectivity index (χ0v) is 16.6. The molecule has 0 atom stereocenters. The lowest BCUT2D eigenvalue weighted by atomic mass is 10.2. The molecule has 0 saturated heterocycles. The van der Waals surface area contributed by atoms with E-state index in [2.05, 4.69) is 5.16 Å². The maximum Gasteiger partial charge on any atom is 0.416 e. The third-order valence-electron chi connectivity index (χ3n) is 4.52. The average Bonchev–Trinajstić information content (AvgIpc) is 2.99. The molecule has 0 unspecified atom stereocenters. The molecule has 0 amide bonds. The number of halogens is 3. The minimum Gasteiger partial charge on any atom is -0.361 e. The number of aromatic nitrogens is 1. The predicted octanol–water partition coefficient (Wildman–Crippen LogP) is 4.70. The Morgan fingerprint density at radius 1 is 1.00 bits per heavy atom. The summed E-state index contributed by atoms with van der Waals surface area (Å²) >= 11 is 0. The Morgan fingerprint density at radius 3 is 2.28 bits per heavy atom. The molecule has 0 bridgehead atoms. The molecule has 0 radical (unpaired) electrons. The summed E-state index contributed by atoms with van der Waals surface area (Å²) in [6, 6.07) is 12.6. The van der Waals surface area contributed by atoms with E-state index < -0.39 is 26.7 Å². The molecule has 0 N–H and O–H groups in total. The second kappa shape index (κ2) is 8.00. The normalized spacial score (nSPS) is 12.5. The Hall–Kier alpha value is -2.65. The molecule has 5 nitrogen and oxygen atoms in total. The van der Waals surface area contributed by atoms with Crippen molar-refractivity contribution in [3.05, 3.63) is 82.7 Å². The maximum atomic E-state index is 13.3. The number of rotatable bonds is 6. The lowest BCUT2D eigenvalue weighted by Gasteiger charge is -2.23. The van der Waals surface area contributed by atoms with E-state index in [9.17, 15) is 21.6 Å². The highest BCUT2D eigenvalue weighted by atomic mass is 32.2. The van der Waals surface area contributed by atoms with E-state index in [0.29, 0.717) is 28.6 Å². The molecule has 0 spiro atoms. The molecular formula is C20H19F3N2O3S. The second-order valence-electron chi connectivity index (χ2n) is 6.59. The summed E-state index contributed by atoms with van der Waals surface area (Å²) in [5.41, 5.74) is 0.793. The fourth-order valence-electron chi connectivity index (χ4n) is 2.90. The fourth-order valence-corrected chi connectivity index (χ4v) is 4.34. The summed E-state index contributed by atoms with van der Waals surface area (Å²) in [4.78, 5) is -0.421. The number of benzene rings is 2. The van der Waals surface area contributed by atoms with E-state index in [0.717, 1.165) is 22.5 Å². The maximum absolute atomic E-state index is 13.3. The third kappa shape index (κ3) is 4.68. The standard InChI is InChI=1S/C20H19F3N2O3S/c1-14-19(15(2)28-24-14)13-25(12-16-7-4-3-5-8-16)29(26,27)18-10-6-9-17(11-18)20(21,22)23/h3-11H,12-13H2,1-2H3. The number of hydrogen-bond acceptors (Lipinski definition) is 4. The van der Waals surface area contributed by atoms with Gasteiger partial charge >= 0.3 is 6.18 Å². The van der Waals surface area contributed by atoms with Crippen molar-refractivity contribution in [2.45, 2.75) is 38.0 Å². The van der Waals surface area contributed by atoms with Gasteiger partial charge in [-0.2, -0.15) is 17.5 Å². The van der Waals surface area contributed by atoms with Gasteiger partial charge in [0, 0.05) is 18.7 Å². The monoisotopic (exact) mass is 424 g/mol. The first kappa shape index (κ1) is 21.1. The lowest BCUT2D eigenvalue weighted by Crippen LogP contribution is -2.31. The van der Waals surface area contributed by atoms with Gasteiger partial charge in [0.05, 0.1) is 16.2 Å². The topological polar surface area (TPSA) is 63.4 Å². The van der Waals surface area contributed by atoms with E-state index in [-0.39, 0.29) is 13.1 Å². The van der Waals surface area contributed by atoms with Gasteiger partial charge in [0.25, 0.3) is 0 Å². The smallest absolute Gasteiger partial charge is 0.361 e. The Labute approximate surface area is 166 Å². The molecule has 0 aliphatic carbocycles. The molecule has 0 aliphatic heterocycles. The highest BCUT2D eigenvalue weighted by Crippen LogP contribution is 2.32. The van der Waals surface area contributed by atoms with Gasteiger partial charge in [-0.25, -0.2) is 8.42 Å². The molecule has 0 fully saturated rings. The Balaban J connectivity index is 2.04. The molecule has 0 saturated carbocycles. The van der Waals surface area contributed by atoms with Gasteiger partial charge in [-0.15, -0.1) is 0 Å². The summed E-state index contributed by atoms with van der Waals surface area (Å²) in [6.45, 7) is 3.26. The minimum absolute atomic E-state index is 0.0104. The fraction of sp³-hybridized carbons (Fsp3) is 0.250. The molecule has 0 aliphatic rings. The van der Waals surface area contributed by atoms with Gasteiger partial charge in [-0.3, -0.25) is 0 Å². The van der Waals surface area contributed by atoms with Crippen molar-refractivity contribution in [2.75, 3.05) is 0 Å². The summed E-state index contributed by atoms with van der Waals surface area (Å²) in [7, 11) is -4.23. The molecule has 9 heteroatoms. The number of sulfonamides is 1. The van der Waals surface area contributed by atoms with Crippen LogP contribution in [-0.4, -0.2) is 17.9 Å². The van der Waals surface area contributed by atoms with E-state index in [1.807, 2.05) is 0 Å². The van der Waals surface area contributed by atoms with Crippen LogP contribution >= 0.6 is 0 Å². The van der Waals surface area contributed by atoms with Crippen molar-refractivity contribution in [1.82, 2.24) is 9.46 Å². The summed E-state index contributed by atoms with van der Waals surface area (Å²) < 4.78 is 72.0. The molecule has 154 valence electrons. The van der Waals surface area contributed by atoms with Gasteiger partial charge in [0.15, 0.2) is 0 Å². The predicted molar refractivity (Wildman–Crippen MR) is 100 cm³/mol. The summed E-state index contributed by atoms with van der Waals surface area (Å²) in [6.07, 6.45) is -4.64. The molecular weight excluding hydrogens is 405 g/mol. The van der Waals surface area contributed by atoms with Crippen molar-refractivity contribution >= 4 is 10.0 Å². The molecule has 1 aromatic heterocycles. The number of nitrogens with zero attached hydrogens (tertiary/aromatic N) is 2. The summed E-state index contributed by atoms with van der Waals surface area (Å²) in [5, 5.41) is 3.83. The van der Waals surface area contributed by atoms with Crippen molar-refractivity contribution in [1.29, 1.82) is 0 Å². The Morgan fingerprint density at radius 2 is 1.69 bits per heavy atom. The van der Waals surface area contributed by atoms with Gasteiger partial charge in [-0.05, 0) is 37.6 Å². The molecule has 2 aromatic carbocycles. The van der Waals surface area contributed by atoms with Crippen molar-refractivity contribution in [3.8, 4) is 0 Å². The van der Waals surface area contributed by atoms with Crippen molar-refractivity contribution < 1.29 is 26.1 Å². The van der Waals surface area contributed by atoms with E-state index in [4.69, 9.17) is 4.52 Å². The molecule has 1 heterocycles. The number of aryl methyl sites for hydroxylation is 2. The van der Waals surface area contributed by atoms with Crippen LogP contribution in [0.5, 0.6) is 0 Å². The highest BCUT2D eigenvalue weighted by molar-refractivity contribution is 7.89. The molecule has 29 heavy (non-hydrogen) atoms. The average molecular weight is 424 g/mol. The van der Waals surface area contributed by atoms with Crippen LogP contribution in [0, 0.1) is 13.8 Å². The minimum atomic E-state index is -4.64. The van der Waals surface area contributed by atoms with Crippen LogP contribution in [0.25, 0.3) is 0 Å². The van der Waals surface area contributed by atoms with Gasteiger partial charge in [-0.1, -0.05) is 41.6 Å². The number of hydrogen-bond donors (Lipinski definition) is 0. The Bertz CT molecular complexity index is 1070. The van der Waals surface area contributed by atoms with Gasteiger partial charge < -0.3 is 4.52 Å². The van der Waals surface area contributed by atoms with Crippen LogP contribution in [0.3, 0.4) is 0 Å². The molecule has 3 aromatic rings. The van der Waals surface area contributed by atoms with Crippen molar-refractivity contribution in [3.63, 3.8) is 0 Å². The van der Waals surface area contributed by atoms with Crippen molar-refractivity contribution in [2.24, 2.45) is 0 Å². The number of alkyl halides is 3. The van der Waals surface area contributed by atoms with Gasteiger partial charge in [0.2, 0.25) is 10.0 Å². The first-order chi connectivity index (χ1) is 13.6. The Kier molecular flexibility index (Phi) is 5.81. The van der Waals surface area contributed by atoms with E-state index in [1.54, 1.807) is 44.2 Å². The largest absolute Gasteiger partial charge is 0.416 e. The molecule has 3 rings (SSSR count). The van der Waals surface area contributed by atoms with Crippen LogP contribution in [-0.2, 0) is 29.3 Å². The zero-order valence-electron chi connectivity index (χ0n) is 15.8. The quantitative estimate of drug-likeness (QED) is 0.575. The van der Waals surface area contributed by atoms with Crippen LogP contribution in [0.4, 0.5) is 13.2 Å². The van der Waals surface area contributed by atoms with Crippen LogP contribution in [0.15, 0.2) is 64.0 Å². The second-order valence-corrected chi connectivity index (χ2v) is 8.52. The third-order valence-corrected chi connectivity index (χ3v) is 6.30. The first-order valence-electron chi connectivity index (χ1n) is 8.72. The van der Waals surface area contributed by atoms with Crippen LogP contribution < -0.4 is 0 Å². The SMILES string of the molecule is Cc1noc(C)c1CN(Cc1ccccc1)S(=O)(=O)c1cccc(C(F)(F)F)c1. The zero-order chi connectivity index (χ0) is 21.2. The summed E-state index contributed by atoms with van der Waals surface area (Å²) in [5.74, 6) is 0.458. The van der Waals surface area contributed by atoms with Crippen LogP contribution in [0.1, 0.15) is 28.1 Å². The lowest BCUT2D eigenvalue weighted by molar-refractivity contribution is -0.137. The van der Waals surface area contributed by atoms with E-state index in [1.165, 1.54) is 0 Å². The van der Waals surface area contributed by atoms with E-state index >= 15 is 0 Å². The highest BCUT2D eigenvalue weighted by Gasteiger charge is 2.33. The van der Waals surface area contributed by atoms with Crippen LogP contribution in [0.2, 0.25) is 0 Å².